The number of pyridine rings is 1. The zero-order chi connectivity index (χ0) is 17.5. The molecule has 0 spiro atoms. The maximum absolute atomic E-state index is 5.99. The highest BCUT2D eigenvalue weighted by molar-refractivity contribution is 5.92. The fourth-order valence-corrected chi connectivity index (χ4v) is 3.95. The molecule has 26 heavy (non-hydrogen) atoms. The van der Waals surface area contributed by atoms with Gasteiger partial charge in [-0.25, -0.2) is 4.98 Å². The van der Waals surface area contributed by atoms with Crippen LogP contribution in [0.5, 0.6) is 0 Å². The normalized spacial score (nSPS) is 15.8. The first-order valence-corrected chi connectivity index (χ1v) is 9.24. The number of hydrogen-bond donors (Lipinski definition) is 0. The number of aromatic nitrogens is 2. The van der Waals surface area contributed by atoms with E-state index in [1.165, 1.54) is 16.6 Å². The van der Waals surface area contributed by atoms with Gasteiger partial charge in [0.2, 0.25) is 0 Å². The zero-order valence-electron chi connectivity index (χ0n) is 14.9. The number of benzene rings is 2. The summed E-state index contributed by atoms with van der Waals surface area (Å²) in [4.78, 5) is 11.7. The monoisotopic (exact) mass is 343 g/mol. The van der Waals surface area contributed by atoms with Gasteiger partial charge < -0.3 is 9.32 Å². The van der Waals surface area contributed by atoms with Gasteiger partial charge in [0.15, 0.2) is 11.5 Å². The summed E-state index contributed by atoms with van der Waals surface area (Å²) in [6, 6.07) is 16.6. The van der Waals surface area contributed by atoms with Gasteiger partial charge in [-0.2, -0.15) is 0 Å². The summed E-state index contributed by atoms with van der Waals surface area (Å²) >= 11 is 0. The molecule has 0 amide bonds. The van der Waals surface area contributed by atoms with E-state index in [1.807, 2.05) is 30.5 Å². The summed E-state index contributed by atoms with van der Waals surface area (Å²) in [7, 11) is 0. The predicted molar refractivity (Wildman–Crippen MR) is 105 cm³/mol. The average Bonchev–Trinajstić information content (AvgIpc) is 3.12. The van der Waals surface area contributed by atoms with Crippen molar-refractivity contribution in [1.82, 2.24) is 9.97 Å². The lowest BCUT2D eigenvalue weighted by Gasteiger charge is -2.33. The smallest absolute Gasteiger partial charge is 0.198 e. The van der Waals surface area contributed by atoms with Crippen LogP contribution in [0.1, 0.15) is 30.2 Å². The number of anilines is 1. The van der Waals surface area contributed by atoms with Crippen LogP contribution >= 0.6 is 0 Å². The van der Waals surface area contributed by atoms with Gasteiger partial charge in [-0.15, -0.1) is 0 Å². The summed E-state index contributed by atoms with van der Waals surface area (Å²) in [6.45, 7) is 4.16. The molecule has 0 radical (unpaired) electrons. The third kappa shape index (κ3) is 2.62. The van der Waals surface area contributed by atoms with Crippen molar-refractivity contribution in [2.75, 3.05) is 18.0 Å². The van der Waals surface area contributed by atoms with Crippen LogP contribution in [-0.4, -0.2) is 23.1 Å². The molecule has 130 valence electrons. The summed E-state index contributed by atoms with van der Waals surface area (Å²) in [5.41, 5.74) is 5.47. The minimum absolute atomic E-state index is 0.397. The molecule has 4 nitrogen and oxygen atoms in total. The fourth-order valence-electron chi connectivity index (χ4n) is 3.95. The Labute approximate surface area is 152 Å². The van der Waals surface area contributed by atoms with E-state index in [2.05, 4.69) is 41.1 Å². The second kappa shape index (κ2) is 6.13. The maximum Gasteiger partial charge on any atom is 0.198 e. The third-order valence-corrected chi connectivity index (χ3v) is 5.37. The quantitative estimate of drug-likeness (QED) is 0.510. The van der Waals surface area contributed by atoms with Gasteiger partial charge in [0, 0.05) is 36.3 Å². The molecule has 1 aliphatic rings. The van der Waals surface area contributed by atoms with E-state index in [1.54, 1.807) is 0 Å². The Kier molecular flexibility index (Phi) is 3.63. The van der Waals surface area contributed by atoms with Crippen LogP contribution in [0.25, 0.3) is 22.0 Å². The van der Waals surface area contributed by atoms with Crippen molar-refractivity contribution in [3.8, 4) is 0 Å². The molecule has 4 heteroatoms. The standard InChI is InChI=1S/C22H21N3O/c1-15-6-7-18-17(14-15)20(8-11-23-18)25-12-9-16(10-13-25)22-24-19-4-2-3-5-21(19)26-22/h2-8,11,14,16H,9-10,12-13H2,1H3. The van der Waals surface area contributed by atoms with Crippen molar-refractivity contribution in [1.29, 1.82) is 0 Å². The van der Waals surface area contributed by atoms with Crippen LogP contribution < -0.4 is 4.90 Å². The van der Waals surface area contributed by atoms with Gasteiger partial charge in [0.1, 0.15) is 5.52 Å². The van der Waals surface area contributed by atoms with Gasteiger partial charge in [-0.3, -0.25) is 4.98 Å². The van der Waals surface area contributed by atoms with Crippen LogP contribution in [0.4, 0.5) is 5.69 Å². The summed E-state index contributed by atoms with van der Waals surface area (Å²) in [5.74, 6) is 1.29. The number of nitrogens with zero attached hydrogens (tertiary/aromatic N) is 3. The number of piperidine rings is 1. The molecule has 0 saturated carbocycles. The van der Waals surface area contributed by atoms with Crippen LogP contribution in [0, 0.1) is 6.92 Å². The predicted octanol–water partition coefficient (Wildman–Crippen LogP) is 5.07. The lowest BCUT2D eigenvalue weighted by Crippen LogP contribution is -2.33. The topological polar surface area (TPSA) is 42.2 Å². The minimum Gasteiger partial charge on any atom is -0.440 e. The van der Waals surface area contributed by atoms with Crippen molar-refractivity contribution in [2.45, 2.75) is 25.7 Å². The molecular formula is C22H21N3O. The lowest BCUT2D eigenvalue weighted by molar-refractivity contribution is 0.408. The number of para-hydroxylation sites is 2. The Balaban J connectivity index is 1.39. The molecule has 5 rings (SSSR count). The highest BCUT2D eigenvalue weighted by Gasteiger charge is 2.25. The van der Waals surface area contributed by atoms with E-state index in [4.69, 9.17) is 9.40 Å². The number of fused-ring (bicyclic) bond motifs is 2. The van der Waals surface area contributed by atoms with Gasteiger partial charge in [-0.05, 0) is 50.1 Å². The summed E-state index contributed by atoms with van der Waals surface area (Å²) < 4.78 is 5.99. The molecule has 2 aromatic heterocycles. The molecule has 2 aromatic carbocycles. The first-order chi connectivity index (χ1) is 12.8. The average molecular weight is 343 g/mol. The Morgan fingerprint density at radius 3 is 2.69 bits per heavy atom. The Morgan fingerprint density at radius 1 is 1.00 bits per heavy atom. The van der Waals surface area contributed by atoms with Crippen LogP contribution in [0.15, 0.2) is 59.1 Å². The highest BCUT2D eigenvalue weighted by Crippen LogP contribution is 2.34. The van der Waals surface area contributed by atoms with Crippen LogP contribution in [0.2, 0.25) is 0 Å². The lowest BCUT2D eigenvalue weighted by atomic mass is 9.96. The second-order valence-corrected chi connectivity index (χ2v) is 7.13. The van der Waals surface area contributed by atoms with E-state index in [0.29, 0.717) is 5.92 Å². The molecule has 0 bridgehead atoms. The zero-order valence-corrected chi connectivity index (χ0v) is 14.9. The van der Waals surface area contributed by atoms with Crippen LogP contribution in [-0.2, 0) is 0 Å². The highest BCUT2D eigenvalue weighted by atomic mass is 16.3. The minimum atomic E-state index is 0.397. The molecule has 1 aliphatic heterocycles. The second-order valence-electron chi connectivity index (χ2n) is 7.13. The molecule has 1 fully saturated rings. The van der Waals surface area contributed by atoms with Crippen molar-refractivity contribution in [3.63, 3.8) is 0 Å². The van der Waals surface area contributed by atoms with Gasteiger partial charge in [0.25, 0.3) is 0 Å². The SMILES string of the molecule is Cc1ccc2nccc(N3CCC(c4nc5ccccc5o4)CC3)c2c1. The van der Waals surface area contributed by atoms with E-state index >= 15 is 0 Å². The van der Waals surface area contributed by atoms with Gasteiger partial charge >= 0.3 is 0 Å². The van der Waals surface area contributed by atoms with E-state index < -0.39 is 0 Å². The first kappa shape index (κ1) is 15.4. The fraction of sp³-hybridized carbons (Fsp3) is 0.273. The Bertz CT molecular complexity index is 1040. The van der Waals surface area contributed by atoms with E-state index in [-0.39, 0.29) is 0 Å². The molecule has 0 N–H and O–H groups in total. The Hall–Kier alpha value is -2.88. The molecule has 0 aliphatic carbocycles. The number of hydrogen-bond acceptors (Lipinski definition) is 4. The van der Waals surface area contributed by atoms with Crippen LogP contribution in [0.3, 0.4) is 0 Å². The molecule has 3 heterocycles. The Morgan fingerprint density at radius 2 is 1.85 bits per heavy atom. The molecular weight excluding hydrogens is 322 g/mol. The van der Waals surface area contributed by atoms with Crippen molar-refractivity contribution in [2.24, 2.45) is 0 Å². The summed E-state index contributed by atoms with van der Waals surface area (Å²) in [5, 5.41) is 1.24. The largest absolute Gasteiger partial charge is 0.440 e. The van der Waals surface area contributed by atoms with Gasteiger partial charge in [-0.1, -0.05) is 23.8 Å². The molecule has 4 aromatic rings. The van der Waals surface area contributed by atoms with E-state index in [0.717, 1.165) is 48.4 Å². The molecule has 0 atom stereocenters. The van der Waals surface area contributed by atoms with E-state index in [9.17, 15) is 0 Å². The number of rotatable bonds is 2. The maximum atomic E-state index is 5.99. The number of aryl methyl sites for hydroxylation is 1. The first-order valence-electron chi connectivity index (χ1n) is 9.24. The molecule has 1 saturated heterocycles. The van der Waals surface area contributed by atoms with Crippen molar-refractivity contribution in [3.05, 3.63) is 66.2 Å². The third-order valence-electron chi connectivity index (χ3n) is 5.37. The van der Waals surface area contributed by atoms with Gasteiger partial charge in [0.05, 0.1) is 5.52 Å². The number of oxazole rings is 1. The summed E-state index contributed by atoms with van der Waals surface area (Å²) in [6.07, 6.45) is 4.03. The van der Waals surface area contributed by atoms with Crippen molar-refractivity contribution < 1.29 is 4.42 Å². The molecule has 0 unspecified atom stereocenters. The van der Waals surface area contributed by atoms with Crippen molar-refractivity contribution >= 4 is 27.7 Å².